The summed E-state index contributed by atoms with van der Waals surface area (Å²) in [7, 11) is -3.72. The van der Waals surface area contributed by atoms with Crippen LogP contribution in [0.25, 0.3) is 0 Å². The van der Waals surface area contributed by atoms with E-state index in [1.807, 2.05) is 0 Å². The third kappa shape index (κ3) is 3.82. The SMILES string of the molecule is O=C(O[C@H]1CCOC1=O)C1CCN(S(=O)(=O)c2ccc(F)cc2)CC1. The Balaban J connectivity index is 1.58. The zero-order chi connectivity index (χ0) is 18.0. The van der Waals surface area contributed by atoms with Crippen LogP contribution in [0.4, 0.5) is 4.39 Å². The number of cyclic esters (lactones) is 1. The van der Waals surface area contributed by atoms with E-state index in [0.717, 1.165) is 12.1 Å². The molecule has 25 heavy (non-hydrogen) atoms. The van der Waals surface area contributed by atoms with Gasteiger partial charge in [0.25, 0.3) is 0 Å². The minimum absolute atomic E-state index is 0.0172. The average molecular weight is 371 g/mol. The van der Waals surface area contributed by atoms with Crippen molar-refractivity contribution in [1.82, 2.24) is 4.31 Å². The number of nitrogens with zero attached hydrogens (tertiary/aromatic N) is 1. The predicted molar refractivity (Wildman–Crippen MR) is 83.3 cm³/mol. The van der Waals surface area contributed by atoms with Gasteiger partial charge in [0.1, 0.15) is 5.82 Å². The number of esters is 2. The highest BCUT2D eigenvalue weighted by molar-refractivity contribution is 7.89. The molecule has 0 unspecified atom stereocenters. The van der Waals surface area contributed by atoms with E-state index in [4.69, 9.17) is 9.47 Å². The van der Waals surface area contributed by atoms with Crippen molar-refractivity contribution in [2.75, 3.05) is 19.7 Å². The van der Waals surface area contributed by atoms with E-state index in [0.29, 0.717) is 19.3 Å². The van der Waals surface area contributed by atoms with Crippen LogP contribution in [0.2, 0.25) is 0 Å². The Kier molecular flexibility index (Phi) is 5.05. The molecule has 0 aliphatic carbocycles. The van der Waals surface area contributed by atoms with Gasteiger partial charge in [-0.2, -0.15) is 4.31 Å². The first-order valence-electron chi connectivity index (χ1n) is 8.01. The van der Waals surface area contributed by atoms with Crippen LogP contribution in [0.3, 0.4) is 0 Å². The van der Waals surface area contributed by atoms with Crippen molar-refractivity contribution < 1.29 is 31.9 Å². The van der Waals surface area contributed by atoms with Gasteiger partial charge in [0.05, 0.1) is 17.4 Å². The lowest BCUT2D eigenvalue weighted by molar-refractivity contribution is -0.164. The normalized spacial score (nSPS) is 22.6. The maximum absolute atomic E-state index is 13.0. The Labute approximate surface area is 144 Å². The van der Waals surface area contributed by atoms with Gasteiger partial charge in [-0.1, -0.05) is 0 Å². The van der Waals surface area contributed by atoms with Crippen LogP contribution in [0.15, 0.2) is 29.2 Å². The first kappa shape index (κ1) is 17.8. The van der Waals surface area contributed by atoms with Gasteiger partial charge in [0, 0.05) is 19.5 Å². The number of ether oxygens (including phenoxy) is 2. The molecule has 0 spiro atoms. The van der Waals surface area contributed by atoms with Crippen LogP contribution in [-0.4, -0.2) is 50.5 Å². The standard InChI is InChI=1S/C16H18FNO6S/c17-12-1-3-13(4-2-12)25(21,22)18-8-5-11(6-9-18)15(19)24-14-7-10-23-16(14)20/h1-4,11,14H,5-10H2/t14-/m0/s1. The van der Waals surface area contributed by atoms with Crippen molar-refractivity contribution in [2.24, 2.45) is 5.92 Å². The predicted octanol–water partition coefficient (Wildman–Crippen LogP) is 1.09. The summed E-state index contributed by atoms with van der Waals surface area (Å²) in [5.41, 5.74) is 0. The van der Waals surface area contributed by atoms with E-state index in [-0.39, 0.29) is 24.6 Å². The molecule has 1 aromatic rings. The summed E-state index contributed by atoms with van der Waals surface area (Å²) in [6.07, 6.45) is 0.109. The molecule has 136 valence electrons. The minimum Gasteiger partial charge on any atom is -0.463 e. The lowest BCUT2D eigenvalue weighted by atomic mass is 9.98. The molecular formula is C16H18FNO6S. The Hall–Kier alpha value is -2.00. The van der Waals surface area contributed by atoms with E-state index in [2.05, 4.69) is 0 Å². The van der Waals surface area contributed by atoms with Crippen molar-refractivity contribution in [2.45, 2.75) is 30.3 Å². The molecule has 1 atom stereocenters. The molecule has 0 amide bonds. The van der Waals surface area contributed by atoms with Crippen LogP contribution in [0.5, 0.6) is 0 Å². The fraction of sp³-hybridized carbons (Fsp3) is 0.500. The number of piperidine rings is 1. The highest BCUT2D eigenvalue weighted by Gasteiger charge is 2.36. The van der Waals surface area contributed by atoms with Crippen LogP contribution >= 0.6 is 0 Å². The van der Waals surface area contributed by atoms with Crippen LogP contribution in [0, 0.1) is 11.7 Å². The molecule has 2 aliphatic heterocycles. The summed E-state index contributed by atoms with van der Waals surface area (Å²) in [5, 5.41) is 0. The van der Waals surface area contributed by atoms with Gasteiger partial charge in [-0.05, 0) is 37.1 Å². The second-order valence-electron chi connectivity index (χ2n) is 6.01. The number of rotatable bonds is 4. The maximum Gasteiger partial charge on any atom is 0.347 e. The highest BCUT2D eigenvalue weighted by atomic mass is 32.2. The van der Waals surface area contributed by atoms with Crippen LogP contribution in [-0.2, 0) is 29.1 Å². The quantitative estimate of drug-likeness (QED) is 0.736. The van der Waals surface area contributed by atoms with E-state index < -0.39 is 39.8 Å². The Morgan fingerprint density at radius 1 is 1.16 bits per heavy atom. The lowest BCUT2D eigenvalue weighted by Crippen LogP contribution is -2.41. The monoisotopic (exact) mass is 371 g/mol. The van der Waals surface area contributed by atoms with E-state index in [9.17, 15) is 22.4 Å². The smallest absolute Gasteiger partial charge is 0.347 e. The molecule has 3 rings (SSSR count). The Morgan fingerprint density at radius 2 is 1.80 bits per heavy atom. The largest absolute Gasteiger partial charge is 0.463 e. The maximum atomic E-state index is 13.0. The molecule has 2 saturated heterocycles. The van der Waals surface area contributed by atoms with Gasteiger partial charge < -0.3 is 9.47 Å². The fourth-order valence-electron chi connectivity index (χ4n) is 2.91. The van der Waals surface area contributed by atoms with Crippen LogP contribution in [0.1, 0.15) is 19.3 Å². The molecule has 0 aromatic heterocycles. The van der Waals surface area contributed by atoms with Crippen molar-refractivity contribution in [1.29, 1.82) is 0 Å². The van der Waals surface area contributed by atoms with Gasteiger partial charge >= 0.3 is 11.9 Å². The second-order valence-corrected chi connectivity index (χ2v) is 7.95. The molecule has 2 heterocycles. The zero-order valence-corrected chi connectivity index (χ0v) is 14.2. The number of carbonyl (C=O) groups is 2. The van der Waals surface area contributed by atoms with E-state index in [1.54, 1.807) is 0 Å². The molecule has 1 aromatic carbocycles. The summed E-state index contributed by atoms with van der Waals surface area (Å²) >= 11 is 0. The molecule has 7 nitrogen and oxygen atoms in total. The number of benzene rings is 1. The highest BCUT2D eigenvalue weighted by Crippen LogP contribution is 2.25. The zero-order valence-electron chi connectivity index (χ0n) is 13.4. The number of hydrogen-bond acceptors (Lipinski definition) is 6. The summed E-state index contributed by atoms with van der Waals surface area (Å²) in [6.45, 7) is 0.564. The molecule has 0 bridgehead atoms. The molecular weight excluding hydrogens is 353 g/mol. The van der Waals surface area contributed by atoms with Gasteiger partial charge in [-0.3, -0.25) is 4.79 Å². The van der Waals surface area contributed by atoms with Crippen molar-refractivity contribution >= 4 is 22.0 Å². The fourth-order valence-corrected chi connectivity index (χ4v) is 4.38. The van der Waals surface area contributed by atoms with Gasteiger partial charge in [-0.15, -0.1) is 0 Å². The third-order valence-electron chi connectivity index (χ3n) is 4.38. The van der Waals surface area contributed by atoms with Crippen LogP contribution < -0.4 is 0 Å². The summed E-state index contributed by atoms with van der Waals surface area (Å²) in [6, 6.07) is 4.63. The number of hydrogen-bond donors (Lipinski definition) is 0. The average Bonchev–Trinajstić information content (AvgIpc) is 3.00. The van der Waals surface area contributed by atoms with Crippen molar-refractivity contribution in [3.8, 4) is 0 Å². The van der Waals surface area contributed by atoms with Gasteiger partial charge in [0.2, 0.25) is 16.1 Å². The van der Waals surface area contributed by atoms with Gasteiger partial charge in [0.15, 0.2) is 0 Å². The molecule has 9 heteroatoms. The van der Waals surface area contributed by atoms with Gasteiger partial charge in [-0.25, -0.2) is 17.6 Å². The van der Waals surface area contributed by atoms with E-state index >= 15 is 0 Å². The first-order valence-corrected chi connectivity index (χ1v) is 9.45. The topological polar surface area (TPSA) is 90.0 Å². The number of carbonyl (C=O) groups excluding carboxylic acids is 2. The molecule has 0 N–H and O–H groups in total. The Morgan fingerprint density at radius 3 is 2.36 bits per heavy atom. The number of halogens is 1. The Bertz CT molecular complexity index is 755. The number of sulfonamides is 1. The third-order valence-corrected chi connectivity index (χ3v) is 6.30. The van der Waals surface area contributed by atoms with Crippen molar-refractivity contribution in [3.05, 3.63) is 30.1 Å². The van der Waals surface area contributed by atoms with E-state index in [1.165, 1.54) is 16.4 Å². The molecule has 2 fully saturated rings. The summed E-state index contributed by atoms with van der Waals surface area (Å²) in [4.78, 5) is 23.5. The molecule has 0 radical (unpaired) electrons. The van der Waals surface area contributed by atoms with Crippen molar-refractivity contribution in [3.63, 3.8) is 0 Å². The lowest BCUT2D eigenvalue weighted by Gasteiger charge is -2.30. The second kappa shape index (κ2) is 7.09. The summed E-state index contributed by atoms with van der Waals surface area (Å²) in [5.74, 6) is -1.99. The minimum atomic E-state index is -3.72. The molecule has 2 aliphatic rings. The first-order chi connectivity index (χ1) is 11.9. The molecule has 0 saturated carbocycles. The summed E-state index contributed by atoms with van der Waals surface area (Å²) < 4.78 is 49.2.